The molecule has 2 aliphatic rings. The Morgan fingerprint density at radius 2 is 1.50 bits per heavy atom. The van der Waals surface area contributed by atoms with Gasteiger partial charge < -0.3 is 10.1 Å². The van der Waals surface area contributed by atoms with E-state index >= 15 is 0 Å². The summed E-state index contributed by atoms with van der Waals surface area (Å²) in [5.41, 5.74) is 0. The second-order valence-corrected chi connectivity index (χ2v) is 6.16. The van der Waals surface area contributed by atoms with Gasteiger partial charge in [0.05, 0.1) is 12.7 Å². The molecule has 2 heteroatoms. The van der Waals surface area contributed by atoms with Crippen molar-refractivity contribution < 1.29 is 4.74 Å². The van der Waals surface area contributed by atoms with E-state index in [1.54, 1.807) is 0 Å². The molecule has 2 nitrogen and oxygen atoms in total. The summed E-state index contributed by atoms with van der Waals surface area (Å²) < 4.78 is 6.13. The highest BCUT2D eigenvalue weighted by atomic mass is 16.5. The SMILES string of the molecule is CCC1COC2CCCCCCCCCCC2N1. The van der Waals surface area contributed by atoms with Gasteiger partial charge in [-0.05, 0) is 19.3 Å². The van der Waals surface area contributed by atoms with E-state index < -0.39 is 0 Å². The van der Waals surface area contributed by atoms with E-state index in [1.807, 2.05) is 0 Å². The average Bonchev–Trinajstić information content (AvgIpc) is 2.39. The Bertz CT molecular complexity index is 219. The smallest absolute Gasteiger partial charge is 0.0728 e. The minimum Gasteiger partial charge on any atom is -0.375 e. The van der Waals surface area contributed by atoms with Gasteiger partial charge in [0.1, 0.15) is 0 Å². The number of nitrogens with one attached hydrogen (secondary N) is 1. The molecule has 1 saturated carbocycles. The molecule has 106 valence electrons. The Hall–Kier alpha value is -0.0800. The third-order valence-corrected chi connectivity index (χ3v) is 4.66. The summed E-state index contributed by atoms with van der Waals surface area (Å²) in [5, 5.41) is 3.83. The van der Waals surface area contributed by atoms with Crippen LogP contribution in [0.25, 0.3) is 0 Å². The molecular formula is C16H31NO. The van der Waals surface area contributed by atoms with Gasteiger partial charge in [-0.25, -0.2) is 0 Å². The fraction of sp³-hybridized carbons (Fsp3) is 1.00. The predicted molar refractivity (Wildman–Crippen MR) is 76.9 cm³/mol. The second kappa shape index (κ2) is 8.16. The monoisotopic (exact) mass is 253 g/mol. The van der Waals surface area contributed by atoms with E-state index in [-0.39, 0.29) is 0 Å². The fourth-order valence-corrected chi connectivity index (χ4v) is 3.37. The van der Waals surface area contributed by atoms with Gasteiger partial charge in [0.25, 0.3) is 0 Å². The average molecular weight is 253 g/mol. The number of hydrogen-bond acceptors (Lipinski definition) is 2. The van der Waals surface area contributed by atoms with Crippen LogP contribution in [0.3, 0.4) is 0 Å². The number of fused-ring (bicyclic) bond motifs is 1. The van der Waals surface area contributed by atoms with Crippen molar-refractivity contribution in [3.8, 4) is 0 Å². The van der Waals surface area contributed by atoms with Gasteiger partial charge in [0, 0.05) is 12.1 Å². The zero-order valence-electron chi connectivity index (χ0n) is 12.1. The molecule has 0 aromatic heterocycles. The van der Waals surface area contributed by atoms with E-state index in [9.17, 15) is 0 Å². The van der Waals surface area contributed by atoms with Gasteiger partial charge in [-0.15, -0.1) is 0 Å². The molecule has 0 amide bonds. The van der Waals surface area contributed by atoms with Gasteiger partial charge in [-0.2, -0.15) is 0 Å². The van der Waals surface area contributed by atoms with Crippen LogP contribution in [-0.4, -0.2) is 24.8 Å². The molecule has 2 rings (SSSR count). The first-order valence-corrected chi connectivity index (χ1v) is 8.28. The summed E-state index contributed by atoms with van der Waals surface area (Å²) in [6.45, 7) is 3.19. The molecule has 0 bridgehead atoms. The maximum absolute atomic E-state index is 6.13. The van der Waals surface area contributed by atoms with E-state index in [1.165, 1.54) is 70.6 Å². The van der Waals surface area contributed by atoms with Crippen LogP contribution in [-0.2, 0) is 4.74 Å². The summed E-state index contributed by atoms with van der Waals surface area (Å²) in [6, 6.07) is 1.22. The van der Waals surface area contributed by atoms with Crippen LogP contribution >= 0.6 is 0 Å². The standard InChI is InChI=1S/C16H31NO/c1-2-14-13-18-16-12-10-8-6-4-3-5-7-9-11-15(16)17-14/h14-17H,2-13H2,1H3. The van der Waals surface area contributed by atoms with E-state index in [0.717, 1.165) is 6.61 Å². The molecule has 18 heavy (non-hydrogen) atoms. The number of ether oxygens (including phenoxy) is 1. The molecule has 1 heterocycles. The van der Waals surface area contributed by atoms with Crippen molar-refractivity contribution in [2.24, 2.45) is 0 Å². The van der Waals surface area contributed by atoms with Crippen LogP contribution in [0, 0.1) is 0 Å². The van der Waals surface area contributed by atoms with Crippen molar-refractivity contribution >= 4 is 0 Å². The minimum absolute atomic E-state index is 0.493. The lowest BCUT2D eigenvalue weighted by molar-refractivity contribution is -0.0361. The molecule has 1 aliphatic carbocycles. The van der Waals surface area contributed by atoms with Crippen LogP contribution in [0.5, 0.6) is 0 Å². The highest BCUT2D eigenvalue weighted by Crippen LogP contribution is 2.22. The van der Waals surface area contributed by atoms with Gasteiger partial charge in [0.15, 0.2) is 0 Å². The predicted octanol–water partition coefficient (Wildman–Crippen LogP) is 4.04. The summed E-state index contributed by atoms with van der Waals surface area (Å²) >= 11 is 0. The molecule has 1 aliphatic heterocycles. The Kier molecular flexibility index (Phi) is 6.50. The lowest BCUT2D eigenvalue weighted by Crippen LogP contribution is -2.53. The van der Waals surface area contributed by atoms with Gasteiger partial charge in [-0.3, -0.25) is 0 Å². The van der Waals surface area contributed by atoms with Crippen LogP contribution < -0.4 is 5.32 Å². The Labute approximate surface area is 113 Å². The van der Waals surface area contributed by atoms with Gasteiger partial charge in [-0.1, -0.05) is 58.3 Å². The minimum atomic E-state index is 0.493. The Morgan fingerprint density at radius 3 is 2.17 bits per heavy atom. The Balaban J connectivity index is 1.84. The maximum atomic E-state index is 6.13. The first-order chi connectivity index (χ1) is 8.90. The zero-order valence-corrected chi connectivity index (χ0v) is 12.1. The van der Waals surface area contributed by atoms with Crippen LogP contribution in [0.15, 0.2) is 0 Å². The van der Waals surface area contributed by atoms with Crippen molar-refractivity contribution in [3.63, 3.8) is 0 Å². The highest BCUT2D eigenvalue weighted by molar-refractivity contribution is 4.85. The maximum Gasteiger partial charge on any atom is 0.0728 e. The van der Waals surface area contributed by atoms with E-state index in [4.69, 9.17) is 4.74 Å². The van der Waals surface area contributed by atoms with Crippen molar-refractivity contribution in [2.45, 2.75) is 95.7 Å². The van der Waals surface area contributed by atoms with Crippen LogP contribution in [0.4, 0.5) is 0 Å². The molecule has 0 aromatic carbocycles. The van der Waals surface area contributed by atoms with E-state index in [0.29, 0.717) is 18.2 Å². The number of hydrogen-bond donors (Lipinski definition) is 1. The van der Waals surface area contributed by atoms with Gasteiger partial charge in [0.2, 0.25) is 0 Å². The van der Waals surface area contributed by atoms with Crippen LogP contribution in [0.2, 0.25) is 0 Å². The second-order valence-electron chi connectivity index (χ2n) is 6.16. The van der Waals surface area contributed by atoms with Crippen molar-refractivity contribution in [1.82, 2.24) is 5.32 Å². The van der Waals surface area contributed by atoms with Crippen molar-refractivity contribution in [2.75, 3.05) is 6.61 Å². The molecule has 3 atom stereocenters. The third-order valence-electron chi connectivity index (χ3n) is 4.66. The first-order valence-electron chi connectivity index (χ1n) is 8.28. The Morgan fingerprint density at radius 1 is 0.889 bits per heavy atom. The molecule has 1 N–H and O–H groups in total. The first kappa shape index (κ1) is 14.3. The summed E-state index contributed by atoms with van der Waals surface area (Å²) in [7, 11) is 0. The van der Waals surface area contributed by atoms with Gasteiger partial charge >= 0.3 is 0 Å². The third kappa shape index (κ3) is 4.55. The molecule has 1 saturated heterocycles. The molecule has 0 radical (unpaired) electrons. The molecule has 3 unspecified atom stereocenters. The summed E-state index contributed by atoms with van der Waals surface area (Å²) in [5.74, 6) is 0. The normalized spacial score (nSPS) is 36.2. The molecule has 0 spiro atoms. The fourth-order valence-electron chi connectivity index (χ4n) is 3.37. The molecular weight excluding hydrogens is 222 g/mol. The quantitative estimate of drug-likeness (QED) is 0.761. The molecule has 2 fully saturated rings. The number of rotatable bonds is 1. The summed E-state index contributed by atoms with van der Waals surface area (Å²) in [4.78, 5) is 0. The largest absolute Gasteiger partial charge is 0.375 e. The van der Waals surface area contributed by atoms with Crippen LogP contribution in [0.1, 0.15) is 77.6 Å². The lowest BCUT2D eigenvalue weighted by atomic mass is 9.93. The highest BCUT2D eigenvalue weighted by Gasteiger charge is 2.29. The van der Waals surface area contributed by atoms with Crippen molar-refractivity contribution in [1.29, 1.82) is 0 Å². The topological polar surface area (TPSA) is 21.3 Å². The van der Waals surface area contributed by atoms with Crippen molar-refractivity contribution in [3.05, 3.63) is 0 Å². The lowest BCUT2D eigenvalue weighted by Gasteiger charge is -2.38. The van der Waals surface area contributed by atoms with E-state index in [2.05, 4.69) is 12.2 Å². The molecule has 0 aromatic rings. The zero-order chi connectivity index (χ0) is 12.6. The number of morpholine rings is 1. The summed E-state index contributed by atoms with van der Waals surface area (Å²) in [6.07, 6.45) is 15.6.